The number of carbonyl (C=O) groups is 1. The predicted octanol–water partition coefficient (Wildman–Crippen LogP) is 0.116. The fourth-order valence-corrected chi connectivity index (χ4v) is 1.62. The second-order valence-corrected chi connectivity index (χ2v) is 3.73. The van der Waals surface area contributed by atoms with Crippen LogP contribution in [0.15, 0.2) is 18.3 Å². The molecular weight excluding hydrogens is 194 g/mol. The summed E-state index contributed by atoms with van der Waals surface area (Å²) in [5.41, 5.74) is 5.60. The van der Waals surface area contributed by atoms with Crippen LogP contribution in [0.25, 0.3) is 0 Å². The average molecular weight is 207 g/mol. The average Bonchev–Trinajstić information content (AvgIpc) is 2.16. The highest BCUT2D eigenvalue weighted by Crippen LogP contribution is 2.24. The molecule has 1 amide bonds. The van der Waals surface area contributed by atoms with Gasteiger partial charge in [-0.05, 0) is 25.0 Å². The van der Waals surface area contributed by atoms with E-state index in [1.807, 2.05) is 0 Å². The summed E-state index contributed by atoms with van der Waals surface area (Å²) in [6.45, 7) is 0. The van der Waals surface area contributed by atoms with Crippen molar-refractivity contribution in [3.8, 4) is 0 Å². The molecule has 1 aromatic rings. The number of nitrogens with one attached hydrogen (secondary N) is 1. The molecule has 15 heavy (non-hydrogen) atoms. The minimum absolute atomic E-state index is 0.188. The maximum absolute atomic E-state index is 11.1. The number of amides is 1. The van der Waals surface area contributed by atoms with E-state index in [-0.39, 0.29) is 12.1 Å². The van der Waals surface area contributed by atoms with Crippen LogP contribution in [-0.2, 0) is 0 Å². The van der Waals surface area contributed by atoms with Crippen LogP contribution in [-0.4, -0.2) is 28.1 Å². The molecule has 80 valence electrons. The third-order valence-corrected chi connectivity index (χ3v) is 2.53. The zero-order valence-corrected chi connectivity index (χ0v) is 8.18. The number of aromatic nitrogens is 1. The Bertz CT molecular complexity index is 375. The lowest BCUT2D eigenvalue weighted by Gasteiger charge is -2.32. The molecule has 1 aliphatic rings. The molecule has 4 N–H and O–H groups in total. The van der Waals surface area contributed by atoms with Crippen LogP contribution in [0.3, 0.4) is 0 Å². The normalized spacial score (nSPS) is 24.3. The van der Waals surface area contributed by atoms with E-state index in [0.717, 1.165) is 0 Å². The summed E-state index contributed by atoms with van der Waals surface area (Å²) in [6.07, 6.45) is 2.75. The third-order valence-electron chi connectivity index (χ3n) is 2.53. The monoisotopic (exact) mass is 207 g/mol. The second-order valence-electron chi connectivity index (χ2n) is 3.73. The Morgan fingerprint density at radius 2 is 2.33 bits per heavy atom. The molecule has 0 aromatic carbocycles. The van der Waals surface area contributed by atoms with Gasteiger partial charge in [0.05, 0.1) is 11.7 Å². The lowest BCUT2D eigenvalue weighted by atomic mass is 9.89. The predicted molar refractivity (Wildman–Crippen MR) is 55.4 cm³/mol. The van der Waals surface area contributed by atoms with Crippen LogP contribution >= 0.6 is 0 Å². The molecule has 5 heteroatoms. The molecule has 0 radical (unpaired) electrons. The number of primary amides is 1. The Balaban J connectivity index is 2.10. The van der Waals surface area contributed by atoms with Crippen LogP contribution in [0.5, 0.6) is 0 Å². The SMILES string of the molecule is NC(=O)c1cccnc1NC1CC(O)C1. The topological polar surface area (TPSA) is 88.2 Å². The van der Waals surface area contributed by atoms with E-state index in [9.17, 15) is 4.79 Å². The number of pyridine rings is 1. The van der Waals surface area contributed by atoms with E-state index in [1.165, 1.54) is 0 Å². The first-order valence-corrected chi connectivity index (χ1v) is 4.86. The van der Waals surface area contributed by atoms with E-state index in [4.69, 9.17) is 10.8 Å². The summed E-state index contributed by atoms with van der Waals surface area (Å²) in [6, 6.07) is 3.49. The number of aliphatic hydroxyl groups excluding tert-OH is 1. The van der Waals surface area contributed by atoms with Gasteiger partial charge in [-0.2, -0.15) is 0 Å². The Morgan fingerprint density at radius 3 is 2.93 bits per heavy atom. The molecule has 0 aliphatic heterocycles. The lowest BCUT2D eigenvalue weighted by Crippen LogP contribution is -2.39. The highest BCUT2D eigenvalue weighted by molar-refractivity contribution is 5.97. The Hall–Kier alpha value is -1.62. The van der Waals surface area contributed by atoms with Crippen molar-refractivity contribution in [1.29, 1.82) is 0 Å². The third kappa shape index (κ3) is 2.07. The number of nitrogens with zero attached hydrogens (tertiary/aromatic N) is 1. The summed E-state index contributed by atoms with van der Waals surface area (Å²) in [5.74, 6) is 0.00683. The molecule has 0 bridgehead atoms. The number of rotatable bonds is 3. The van der Waals surface area contributed by atoms with Crippen molar-refractivity contribution in [1.82, 2.24) is 4.98 Å². The standard InChI is InChI=1S/C10H13N3O2/c11-9(15)8-2-1-3-12-10(8)13-6-4-7(14)5-6/h1-3,6-7,14H,4-5H2,(H2,11,15)(H,12,13). The maximum Gasteiger partial charge on any atom is 0.252 e. The summed E-state index contributed by atoms with van der Waals surface area (Å²) >= 11 is 0. The van der Waals surface area contributed by atoms with Gasteiger partial charge in [0.15, 0.2) is 0 Å². The first kappa shape index (κ1) is 9.92. The van der Waals surface area contributed by atoms with E-state index in [0.29, 0.717) is 24.2 Å². The number of nitrogens with two attached hydrogens (primary N) is 1. The molecule has 1 fully saturated rings. The van der Waals surface area contributed by atoms with E-state index in [1.54, 1.807) is 18.3 Å². The molecule has 0 atom stereocenters. The summed E-state index contributed by atoms with van der Waals surface area (Å²) in [7, 11) is 0. The quantitative estimate of drug-likeness (QED) is 0.656. The number of hydrogen-bond acceptors (Lipinski definition) is 4. The zero-order chi connectivity index (χ0) is 10.8. The first-order valence-electron chi connectivity index (χ1n) is 4.86. The first-order chi connectivity index (χ1) is 7.16. The molecule has 1 heterocycles. The number of carbonyl (C=O) groups excluding carboxylic acids is 1. The smallest absolute Gasteiger partial charge is 0.252 e. The minimum atomic E-state index is -0.495. The van der Waals surface area contributed by atoms with Gasteiger partial charge in [-0.15, -0.1) is 0 Å². The molecule has 0 unspecified atom stereocenters. The molecule has 5 nitrogen and oxygen atoms in total. The summed E-state index contributed by atoms with van der Waals surface area (Å²) in [4.78, 5) is 15.1. The molecule has 0 saturated heterocycles. The van der Waals surface area contributed by atoms with Crippen molar-refractivity contribution in [2.45, 2.75) is 25.0 Å². The molecule has 1 aliphatic carbocycles. The molecule has 2 rings (SSSR count). The Kier molecular flexibility index (Phi) is 2.55. The van der Waals surface area contributed by atoms with Crippen LogP contribution in [0.1, 0.15) is 23.2 Å². The van der Waals surface area contributed by atoms with Crippen molar-refractivity contribution < 1.29 is 9.90 Å². The highest BCUT2D eigenvalue weighted by atomic mass is 16.3. The van der Waals surface area contributed by atoms with Crippen molar-refractivity contribution in [3.63, 3.8) is 0 Å². The van der Waals surface area contributed by atoms with E-state index >= 15 is 0 Å². The fraction of sp³-hybridized carbons (Fsp3) is 0.400. The molecule has 1 aromatic heterocycles. The van der Waals surface area contributed by atoms with Crippen LogP contribution < -0.4 is 11.1 Å². The van der Waals surface area contributed by atoms with Crippen LogP contribution in [0.4, 0.5) is 5.82 Å². The van der Waals surface area contributed by atoms with Gasteiger partial charge in [0, 0.05) is 12.2 Å². The van der Waals surface area contributed by atoms with Gasteiger partial charge in [0.2, 0.25) is 0 Å². The molecule has 1 saturated carbocycles. The summed E-state index contributed by atoms with van der Waals surface area (Å²) < 4.78 is 0. The van der Waals surface area contributed by atoms with Gasteiger partial charge < -0.3 is 16.2 Å². The summed E-state index contributed by atoms with van der Waals surface area (Å²) in [5, 5.41) is 12.2. The lowest BCUT2D eigenvalue weighted by molar-refractivity contribution is 0.0835. The Morgan fingerprint density at radius 1 is 1.60 bits per heavy atom. The van der Waals surface area contributed by atoms with Crippen LogP contribution in [0.2, 0.25) is 0 Å². The number of aliphatic hydroxyl groups is 1. The van der Waals surface area contributed by atoms with E-state index in [2.05, 4.69) is 10.3 Å². The number of hydrogen-bond donors (Lipinski definition) is 3. The van der Waals surface area contributed by atoms with Gasteiger partial charge in [-0.1, -0.05) is 0 Å². The highest BCUT2D eigenvalue weighted by Gasteiger charge is 2.28. The van der Waals surface area contributed by atoms with Gasteiger partial charge in [-0.25, -0.2) is 4.98 Å². The minimum Gasteiger partial charge on any atom is -0.393 e. The van der Waals surface area contributed by atoms with Gasteiger partial charge >= 0.3 is 0 Å². The second kappa shape index (κ2) is 3.86. The fourth-order valence-electron chi connectivity index (χ4n) is 1.62. The van der Waals surface area contributed by atoms with Crippen molar-refractivity contribution in [2.24, 2.45) is 5.73 Å². The Labute approximate surface area is 87.3 Å². The van der Waals surface area contributed by atoms with Gasteiger partial charge in [-0.3, -0.25) is 4.79 Å². The van der Waals surface area contributed by atoms with Gasteiger partial charge in [0.25, 0.3) is 5.91 Å². The number of anilines is 1. The molecule has 0 spiro atoms. The molecular formula is C10H13N3O2. The maximum atomic E-state index is 11.1. The largest absolute Gasteiger partial charge is 0.393 e. The van der Waals surface area contributed by atoms with Gasteiger partial charge in [0.1, 0.15) is 5.82 Å². The zero-order valence-electron chi connectivity index (χ0n) is 8.18. The van der Waals surface area contributed by atoms with E-state index < -0.39 is 5.91 Å². The van der Waals surface area contributed by atoms with Crippen molar-refractivity contribution in [3.05, 3.63) is 23.9 Å². The van der Waals surface area contributed by atoms with Crippen molar-refractivity contribution >= 4 is 11.7 Å². The van der Waals surface area contributed by atoms with Crippen molar-refractivity contribution in [2.75, 3.05) is 5.32 Å². The van der Waals surface area contributed by atoms with Crippen LogP contribution in [0, 0.1) is 0 Å².